The smallest absolute Gasteiger partial charge is 0.266 e. The number of nitriles is 1. The number of rotatable bonds is 8. The maximum atomic E-state index is 12.6. The Morgan fingerprint density at radius 2 is 1.81 bits per heavy atom. The topological polar surface area (TPSA) is 71.3 Å². The van der Waals surface area contributed by atoms with Gasteiger partial charge < -0.3 is 14.8 Å². The Labute approximate surface area is 182 Å². The summed E-state index contributed by atoms with van der Waals surface area (Å²) in [4.78, 5) is 12.6. The van der Waals surface area contributed by atoms with Crippen LogP contribution in [-0.2, 0) is 11.4 Å². The van der Waals surface area contributed by atoms with Crippen molar-refractivity contribution in [2.75, 3.05) is 11.9 Å². The summed E-state index contributed by atoms with van der Waals surface area (Å²) in [7, 11) is 0. The van der Waals surface area contributed by atoms with E-state index in [-0.39, 0.29) is 5.57 Å². The SMILES string of the molecule is CCOc1ccc(NC(=O)/C(C#N)=C/c2ccccc2OCc2cccc(C)c2)cc1. The number of hydrogen-bond donors (Lipinski definition) is 1. The lowest BCUT2D eigenvalue weighted by molar-refractivity contribution is -0.112. The number of aryl methyl sites for hydroxylation is 1. The van der Waals surface area contributed by atoms with E-state index in [0.29, 0.717) is 30.2 Å². The molecule has 0 aliphatic carbocycles. The molecular weight excluding hydrogens is 388 g/mol. The van der Waals surface area contributed by atoms with Gasteiger partial charge in [0.15, 0.2) is 0 Å². The Balaban J connectivity index is 1.74. The van der Waals surface area contributed by atoms with E-state index in [2.05, 4.69) is 11.4 Å². The summed E-state index contributed by atoms with van der Waals surface area (Å²) in [6, 6.07) is 24.4. The summed E-state index contributed by atoms with van der Waals surface area (Å²) in [5.74, 6) is 0.835. The third kappa shape index (κ3) is 6.22. The van der Waals surface area contributed by atoms with Crippen LogP contribution in [0.4, 0.5) is 5.69 Å². The molecule has 0 spiro atoms. The monoisotopic (exact) mass is 412 g/mol. The van der Waals surface area contributed by atoms with Crippen LogP contribution >= 0.6 is 0 Å². The van der Waals surface area contributed by atoms with Gasteiger partial charge in [0, 0.05) is 11.3 Å². The maximum Gasteiger partial charge on any atom is 0.266 e. The van der Waals surface area contributed by atoms with Crippen LogP contribution in [0, 0.1) is 18.3 Å². The van der Waals surface area contributed by atoms with Gasteiger partial charge in [-0.3, -0.25) is 4.79 Å². The van der Waals surface area contributed by atoms with Crippen molar-refractivity contribution in [3.05, 3.63) is 95.1 Å². The van der Waals surface area contributed by atoms with Crippen LogP contribution in [0.3, 0.4) is 0 Å². The second kappa shape index (κ2) is 10.7. The molecule has 0 heterocycles. The van der Waals surface area contributed by atoms with Crippen molar-refractivity contribution in [1.82, 2.24) is 0 Å². The number of carbonyl (C=O) groups excluding carboxylic acids is 1. The molecule has 3 aromatic rings. The first kappa shape index (κ1) is 21.7. The number of hydrogen-bond acceptors (Lipinski definition) is 4. The van der Waals surface area contributed by atoms with E-state index in [0.717, 1.165) is 16.9 Å². The summed E-state index contributed by atoms with van der Waals surface area (Å²) in [6.45, 7) is 4.90. The number of nitrogens with one attached hydrogen (secondary N) is 1. The molecule has 3 rings (SSSR count). The van der Waals surface area contributed by atoms with E-state index >= 15 is 0 Å². The molecule has 5 nitrogen and oxygen atoms in total. The highest BCUT2D eigenvalue weighted by Crippen LogP contribution is 2.23. The standard InChI is InChI=1S/C26H24N2O3/c1-3-30-24-13-11-23(12-14-24)28-26(29)22(17-27)16-21-9-4-5-10-25(21)31-18-20-8-6-7-19(2)15-20/h4-16H,3,18H2,1-2H3,(H,28,29)/b22-16+. The molecule has 0 saturated carbocycles. The van der Waals surface area contributed by atoms with E-state index in [4.69, 9.17) is 9.47 Å². The van der Waals surface area contributed by atoms with E-state index in [9.17, 15) is 10.1 Å². The van der Waals surface area contributed by atoms with Gasteiger partial charge in [-0.05, 0) is 55.8 Å². The van der Waals surface area contributed by atoms with Gasteiger partial charge in [0.2, 0.25) is 0 Å². The Bertz CT molecular complexity index is 1110. The van der Waals surface area contributed by atoms with Gasteiger partial charge >= 0.3 is 0 Å². The van der Waals surface area contributed by atoms with Gasteiger partial charge in [0.05, 0.1) is 6.61 Å². The molecule has 0 unspecified atom stereocenters. The fourth-order valence-electron chi connectivity index (χ4n) is 3.00. The molecule has 31 heavy (non-hydrogen) atoms. The Kier molecular flexibility index (Phi) is 7.45. The third-order valence-corrected chi connectivity index (χ3v) is 4.48. The molecule has 0 aliphatic rings. The highest BCUT2D eigenvalue weighted by molar-refractivity contribution is 6.09. The first-order chi connectivity index (χ1) is 15.1. The summed E-state index contributed by atoms with van der Waals surface area (Å²) >= 11 is 0. The molecule has 0 aliphatic heterocycles. The molecule has 1 N–H and O–H groups in total. The predicted octanol–water partition coefficient (Wildman–Crippen LogP) is 5.52. The molecule has 1 amide bonds. The van der Waals surface area contributed by atoms with Crippen LogP contribution in [0.15, 0.2) is 78.4 Å². The number of anilines is 1. The van der Waals surface area contributed by atoms with Crippen molar-refractivity contribution in [3.63, 3.8) is 0 Å². The van der Waals surface area contributed by atoms with Crippen molar-refractivity contribution in [2.45, 2.75) is 20.5 Å². The largest absolute Gasteiger partial charge is 0.494 e. The number of nitrogens with zero attached hydrogens (tertiary/aromatic N) is 1. The molecule has 0 saturated heterocycles. The van der Waals surface area contributed by atoms with E-state index in [1.807, 2.05) is 62.4 Å². The van der Waals surface area contributed by atoms with Gasteiger partial charge in [-0.1, -0.05) is 48.0 Å². The molecule has 0 radical (unpaired) electrons. The first-order valence-electron chi connectivity index (χ1n) is 10.0. The van der Waals surface area contributed by atoms with Crippen LogP contribution in [0.5, 0.6) is 11.5 Å². The van der Waals surface area contributed by atoms with E-state index < -0.39 is 5.91 Å². The number of carbonyl (C=O) groups is 1. The molecule has 5 heteroatoms. The highest BCUT2D eigenvalue weighted by atomic mass is 16.5. The normalized spacial score (nSPS) is 10.8. The molecule has 0 bridgehead atoms. The molecule has 0 atom stereocenters. The Hall–Kier alpha value is -4.04. The zero-order valence-electron chi connectivity index (χ0n) is 17.6. The van der Waals surface area contributed by atoms with Crippen LogP contribution < -0.4 is 14.8 Å². The number of para-hydroxylation sites is 1. The zero-order chi connectivity index (χ0) is 22.1. The van der Waals surface area contributed by atoms with Gasteiger partial charge in [0.25, 0.3) is 5.91 Å². The van der Waals surface area contributed by atoms with Crippen molar-refractivity contribution in [2.24, 2.45) is 0 Å². The highest BCUT2D eigenvalue weighted by Gasteiger charge is 2.12. The maximum absolute atomic E-state index is 12.6. The van der Waals surface area contributed by atoms with Gasteiger partial charge in [0.1, 0.15) is 29.7 Å². The zero-order valence-corrected chi connectivity index (χ0v) is 17.6. The number of benzene rings is 3. The van der Waals surface area contributed by atoms with Crippen LogP contribution in [0.25, 0.3) is 6.08 Å². The van der Waals surface area contributed by atoms with Crippen LogP contribution in [-0.4, -0.2) is 12.5 Å². The lowest BCUT2D eigenvalue weighted by Crippen LogP contribution is -2.13. The summed E-state index contributed by atoms with van der Waals surface area (Å²) in [6.07, 6.45) is 1.54. The molecular formula is C26H24N2O3. The number of ether oxygens (including phenoxy) is 2. The summed E-state index contributed by atoms with van der Waals surface area (Å²) < 4.78 is 11.4. The quantitative estimate of drug-likeness (QED) is 0.391. The van der Waals surface area contributed by atoms with Gasteiger partial charge in [-0.2, -0.15) is 5.26 Å². The van der Waals surface area contributed by atoms with Crippen molar-refractivity contribution >= 4 is 17.7 Å². The average molecular weight is 412 g/mol. The Morgan fingerprint density at radius 3 is 2.52 bits per heavy atom. The second-order valence-corrected chi connectivity index (χ2v) is 6.90. The van der Waals surface area contributed by atoms with Crippen LogP contribution in [0.2, 0.25) is 0 Å². The van der Waals surface area contributed by atoms with Gasteiger partial charge in [-0.25, -0.2) is 0 Å². The minimum atomic E-state index is -0.486. The summed E-state index contributed by atoms with van der Waals surface area (Å²) in [5, 5.41) is 12.3. The first-order valence-corrected chi connectivity index (χ1v) is 10.0. The Morgan fingerprint density at radius 1 is 1.03 bits per heavy atom. The van der Waals surface area contributed by atoms with Crippen molar-refractivity contribution < 1.29 is 14.3 Å². The second-order valence-electron chi connectivity index (χ2n) is 6.90. The molecule has 3 aromatic carbocycles. The average Bonchev–Trinajstić information content (AvgIpc) is 2.78. The minimum absolute atomic E-state index is 0.0134. The lowest BCUT2D eigenvalue weighted by atomic mass is 10.1. The summed E-state index contributed by atoms with van der Waals surface area (Å²) in [5.41, 5.74) is 3.44. The molecule has 0 aromatic heterocycles. The predicted molar refractivity (Wildman–Crippen MR) is 122 cm³/mol. The molecule has 156 valence electrons. The number of amides is 1. The van der Waals surface area contributed by atoms with Crippen molar-refractivity contribution in [1.29, 1.82) is 5.26 Å². The van der Waals surface area contributed by atoms with Crippen LogP contribution in [0.1, 0.15) is 23.6 Å². The fourth-order valence-corrected chi connectivity index (χ4v) is 3.00. The fraction of sp³-hybridized carbons (Fsp3) is 0.154. The minimum Gasteiger partial charge on any atom is -0.494 e. The van der Waals surface area contributed by atoms with E-state index in [1.54, 1.807) is 24.3 Å². The lowest BCUT2D eigenvalue weighted by Gasteiger charge is -2.10. The van der Waals surface area contributed by atoms with E-state index in [1.165, 1.54) is 6.08 Å². The van der Waals surface area contributed by atoms with Gasteiger partial charge in [-0.15, -0.1) is 0 Å². The molecule has 0 fully saturated rings. The van der Waals surface area contributed by atoms with Crippen molar-refractivity contribution in [3.8, 4) is 17.6 Å². The third-order valence-electron chi connectivity index (χ3n) is 4.48.